The number of hydrogen-bond acceptors (Lipinski definition) is 8. The van der Waals surface area contributed by atoms with Crippen LogP contribution in [-0.4, -0.2) is 42.5 Å². The number of carbonyl (C=O) groups excluding carboxylic acids is 2. The minimum Gasteiger partial charge on any atom is -0.357 e. The first-order chi connectivity index (χ1) is 9.83. The zero-order valence-electron chi connectivity index (χ0n) is 11.2. The summed E-state index contributed by atoms with van der Waals surface area (Å²) in [4.78, 5) is 30.6. The van der Waals surface area contributed by atoms with E-state index >= 15 is 0 Å². The van der Waals surface area contributed by atoms with E-state index in [0.29, 0.717) is 17.9 Å². The van der Waals surface area contributed by atoms with E-state index in [9.17, 15) is 18.0 Å². The van der Waals surface area contributed by atoms with Crippen LogP contribution in [0.15, 0.2) is 12.4 Å². The molecule has 0 radical (unpaired) electrons. The summed E-state index contributed by atoms with van der Waals surface area (Å²) in [6.45, 7) is -0.239. The molecule has 1 fully saturated rings. The van der Waals surface area contributed by atoms with Crippen molar-refractivity contribution in [2.24, 2.45) is 0 Å². The van der Waals surface area contributed by atoms with Crippen LogP contribution in [0.5, 0.6) is 0 Å². The van der Waals surface area contributed by atoms with Gasteiger partial charge >= 0.3 is 0 Å². The monoisotopic (exact) mass is 314 g/mol. The van der Waals surface area contributed by atoms with E-state index in [1.54, 1.807) is 0 Å². The SMILES string of the molecule is CS(=O)(=O)OCc1cncc(NC2CCC(=O)NC2=O)n1. The van der Waals surface area contributed by atoms with Crippen LogP contribution in [0.1, 0.15) is 18.5 Å². The Hall–Kier alpha value is -2.07. The van der Waals surface area contributed by atoms with Crippen LogP contribution in [0.2, 0.25) is 0 Å². The lowest BCUT2D eigenvalue weighted by atomic mass is 10.1. The highest BCUT2D eigenvalue weighted by Crippen LogP contribution is 2.11. The Bertz CT molecular complexity index is 660. The molecule has 0 aliphatic carbocycles. The smallest absolute Gasteiger partial charge is 0.264 e. The standard InChI is InChI=1S/C11H14N4O5S/c1-21(18,19)20-6-7-4-12-5-9(13-7)14-8-2-3-10(16)15-11(8)17/h4-5,8H,2-3,6H2,1H3,(H,13,14)(H,15,16,17). The molecule has 2 heterocycles. The van der Waals surface area contributed by atoms with Gasteiger partial charge in [0, 0.05) is 6.42 Å². The van der Waals surface area contributed by atoms with Gasteiger partial charge < -0.3 is 5.32 Å². The summed E-state index contributed by atoms with van der Waals surface area (Å²) < 4.78 is 26.4. The van der Waals surface area contributed by atoms with Crippen molar-refractivity contribution >= 4 is 27.8 Å². The average molecular weight is 314 g/mol. The molecule has 2 N–H and O–H groups in total. The molecule has 21 heavy (non-hydrogen) atoms. The molecule has 1 atom stereocenters. The fourth-order valence-electron chi connectivity index (χ4n) is 1.72. The molecule has 114 valence electrons. The van der Waals surface area contributed by atoms with Gasteiger partial charge in [-0.2, -0.15) is 8.42 Å². The number of nitrogens with one attached hydrogen (secondary N) is 2. The summed E-state index contributed by atoms with van der Waals surface area (Å²) in [6, 6.07) is -0.580. The second-order valence-corrected chi connectivity index (χ2v) is 6.15. The Balaban J connectivity index is 2.01. The lowest BCUT2D eigenvalue weighted by Gasteiger charge is -2.22. The van der Waals surface area contributed by atoms with E-state index in [4.69, 9.17) is 0 Å². The van der Waals surface area contributed by atoms with Gasteiger partial charge in [-0.05, 0) is 6.42 Å². The Morgan fingerprint density at radius 3 is 2.86 bits per heavy atom. The van der Waals surface area contributed by atoms with Crippen LogP contribution >= 0.6 is 0 Å². The van der Waals surface area contributed by atoms with E-state index in [-0.39, 0.29) is 18.9 Å². The Kier molecular flexibility index (Phi) is 4.48. The maximum atomic E-state index is 11.6. The number of rotatable bonds is 5. The van der Waals surface area contributed by atoms with Crippen molar-refractivity contribution in [3.8, 4) is 0 Å². The van der Waals surface area contributed by atoms with Crippen molar-refractivity contribution in [3.05, 3.63) is 18.1 Å². The molecule has 1 unspecified atom stereocenters. The highest BCUT2D eigenvalue weighted by atomic mass is 32.2. The fourth-order valence-corrected chi connectivity index (χ4v) is 2.06. The van der Waals surface area contributed by atoms with Gasteiger partial charge in [0.1, 0.15) is 18.5 Å². The van der Waals surface area contributed by atoms with Crippen LogP contribution < -0.4 is 10.6 Å². The molecular weight excluding hydrogens is 300 g/mol. The quantitative estimate of drug-likeness (QED) is 0.532. The summed E-state index contributed by atoms with van der Waals surface area (Å²) in [6.07, 6.45) is 4.30. The van der Waals surface area contributed by atoms with Crippen molar-refractivity contribution in [2.75, 3.05) is 11.6 Å². The predicted molar refractivity (Wildman–Crippen MR) is 71.5 cm³/mol. The molecule has 2 amide bonds. The third kappa shape index (κ3) is 4.76. The number of hydrogen-bond donors (Lipinski definition) is 2. The van der Waals surface area contributed by atoms with Gasteiger partial charge in [0.15, 0.2) is 0 Å². The number of carbonyl (C=O) groups is 2. The number of nitrogens with zero attached hydrogens (tertiary/aromatic N) is 2. The first kappa shape index (κ1) is 15.3. The van der Waals surface area contributed by atoms with Gasteiger partial charge in [-0.3, -0.25) is 24.1 Å². The normalized spacial score (nSPS) is 19.2. The highest BCUT2D eigenvalue weighted by Gasteiger charge is 2.26. The molecule has 1 aromatic rings. The Morgan fingerprint density at radius 1 is 1.43 bits per heavy atom. The van der Waals surface area contributed by atoms with Crippen LogP contribution in [0.3, 0.4) is 0 Å². The summed E-state index contributed by atoms with van der Waals surface area (Å²) >= 11 is 0. The zero-order valence-corrected chi connectivity index (χ0v) is 12.0. The molecule has 1 saturated heterocycles. The first-order valence-corrected chi connectivity index (χ1v) is 7.91. The van der Waals surface area contributed by atoms with Gasteiger partial charge in [-0.15, -0.1) is 0 Å². The number of imide groups is 1. The molecule has 1 aliphatic rings. The largest absolute Gasteiger partial charge is 0.357 e. The fraction of sp³-hybridized carbons (Fsp3) is 0.455. The van der Waals surface area contributed by atoms with Gasteiger partial charge in [-0.25, -0.2) is 4.98 Å². The van der Waals surface area contributed by atoms with Gasteiger partial charge in [0.2, 0.25) is 11.8 Å². The summed E-state index contributed by atoms with van der Waals surface area (Å²) in [5, 5.41) is 5.06. The molecule has 0 bridgehead atoms. The van der Waals surface area contributed by atoms with E-state index in [0.717, 1.165) is 6.26 Å². The summed E-state index contributed by atoms with van der Waals surface area (Å²) in [5.74, 6) is -0.427. The van der Waals surface area contributed by atoms with Crippen LogP contribution in [0.25, 0.3) is 0 Å². The third-order valence-corrected chi connectivity index (χ3v) is 3.21. The molecule has 1 aliphatic heterocycles. The lowest BCUT2D eigenvalue weighted by molar-refractivity contribution is -0.133. The second-order valence-electron chi connectivity index (χ2n) is 4.51. The van der Waals surface area contributed by atoms with E-state index in [1.165, 1.54) is 12.4 Å². The maximum absolute atomic E-state index is 11.6. The van der Waals surface area contributed by atoms with Gasteiger partial charge in [-0.1, -0.05) is 0 Å². The van der Waals surface area contributed by atoms with Gasteiger partial charge in [0.25, 0.3) is 10.1 Å². The number of aromatic nitrogens is 2. The van der Waals surface area contributed by atoms with Gasteiger partial charge in [0.05, 0.1) is 24.3 Å². The number of amides is 2. The van der Waals surface area contributed by atoms with Crippen LogP contribution in [0.4, 0.5) is 5.82 Å². The predicted octanol–water partition coefficient (Wildman–Crippen LogP) is -0.830. The van der Waals surface area contributed by atoms with Crippen molar-refractivity contribution < 1.29 is 22.2 Å². The molecule has 2 rings (SSSR count). The van der Waals surface area contributed by atoms with Crippen molar-refractivity contribution in [1.82, 2.24) is 15.3 Å². The van der Waals surface area contributed by atoms with Crippen LogP contribution in [-0.2, 0) is 30.5 Å². The minimum absolute atomic E-state index is 0.239. The van der Waals surface area contributed by atoms with E-state index < -0.39 is 22.1 Å². The molecule has 10 heteroatoms. The maximum Gasteiger partial charge on any atom is 0.264 e. The molecule has 0 aromatic carbocycles. The number of piperidine rings is 1. The van der Waals surface area contributed by atoms with E-state index in [2.05, 4.69) is 24.8 Å². The number of anilines is 1. The molecule has 9 nitrogen and oxygen atoms in total. The molecule has 0 spiro atoms. The Morgan fingerprint density at radius 2 is 2.19 bits per heavy atom. The molecule has 1 aromatic heterocycles. The summed E-state index contributed by atoms with van der Waals surface area (Å²) in [5.41, 5.74) is 0.303. The zero-order chi connectivity index (χ0) is 15.5. The van der Waals surface area contributed by atoms with E-state index in [1.807, 2.05) is 0 Å². The molecule has 0 saturated carbocycles. The lowest BCUT2D eigenvalue weighted by Crippen LogP contribution is -2.47. The average Bonchev–Trinajstić information content (AvgIpc) is 2.39. The van der Waals surface area contributed by atoms with Crippen molar-refractivity contribution in [1.29, 1.82) is 0 Å². The Labute approximate surface area is 121 Å². The summed E-state index contributed by atoms with van der Waals surface area (Å²) in [7, 11) is -3.57. The first-order valence-electron chi connectivity index (χ1n) is 6.09. The second kappa shape index (κ2) is 6.14. The topological polar surface area (TPSA) is 127 Å². The molecular formula is C11H14N4O5S. The van der Waals surface area contributed by atoms with Crippen LogP contribution in [0, 0.1) is 0 Å². The minimum atomic E-state index is -3.57. The highest BCUT2D eigenvalue weighted by molar-refractivity contribution is 7.85. The third-order valence-electron chi connectivity index (χ3n) is 2.67. The van der Waals surface area contributed by atoms with Crippen molar-refractivity contribution in [2.45, 2.75) is 25.5 Å². The van der Waals surface area contributed by atoms with Crippen molar-refractivity contribution in [3.63, 3.8) is 0 Å².